The highest BCUT2D eigenvalue weighted by atomic mass is 79.9. The summed E-state index contributed by atoms with van der Waals surface area (Å²) in [7, 11) is 1.96. The molecule has 0 aromatic carbocycles. The number of aldehydes is 1. The third kappa shape index (κ3) is 6.15. The third-order valence-electron chi connectivity index (χ3n) is 4.33. The van der Waals surface area contributed by atoms with Crippen LogP contribution in [-0.4, -0.2) is 50.1 Å². The van der Waals surface area contributed by atoms with E-state index in [1.165, 1.54) is 0 Å². The molecule has 0 heterocycles. The second-order valence-corrected chi connectivity index (χ2v) is 7.00. The second-order valence-electron chi connectivity index (χ2n) is 6.08. The monoisotopic (exact) mass is 401 g/mol. The summed E-state index contributed by atoms with van der Waals surface area (Å²) in [6.07, 6.45) is 6.58. The highest BCUT2D eigenvalue weighted by Gasteiger charge is 2.25. The third-order valence-corrected chi connectivity index (χ3v) is 4.92. The lowest BCUT2D eigenvalue weighted by atomic mass is 9.95. The summed E-state index contributed by atoms with van der Waals surface area (Å²) in [6.45, 7) is 5.64. The lowest BCUT2D eigenvalue weighted by Gasteiger charge is -2.31. The van der Waals surface area contributed by atoms with Gasteiger partial charge in [0, 0.05) is 34.8 Å². The number of alkyl halides is 1. The number of halogens is 2. The van der Waals surface area contributed by atoms with E-state index in [2.05, 4.69) is 26.1 Å². The molecule has 0 spiro atoms. The molecule has 0 bridgehead atoms. The first-order valence-corrected chi connectivity index (χ1v) is 9.27. The fraction of sp³-hybridized carbons (Fsp3) is 0.611. The summed E-state index contributed by atoms with van der Waals surface area (Å²) in [5.74, 6) is -0.134. The smallest absolute Gasteiger partial charge is 0.148 e. The van der Waals surface area contributed by atoms with Crippen molar-refractivity contribution in [3.05, 3.63) is 34.0 Å². The maximum absolute atomic E-state index is 14.5. The Balaban J connectivity index is 3.15. The minimum atomic E-state index is -0.991. The summed E-state index contributed by atoms with van der Waals surface area (Å²) >= 11 is 3.44. The Morgan fingerprint density at radius 2 is 2.25 bits per heavy atom. The number of rotatable bonds is 9. The van der Waals surface area contributed by atoms with Gasteiger partial charge in [0.1, 0.15) is 12.5 Å². The molecular formula is C18H29BrFN3O. The first kappa shape index (κ1) is 21.1. The normalized spacial score (nSPS) is 26.3. The predicted molar refractivity (Wildman–Crippen MR) is 102 cm³/mol. The van der Waals surface area contributed by atoms with E-state index >= 15 is 0 Å². The van der Waals surface area contributed by atoms with Crippen molar-refractivity contribution in [1.29, 1.82) is 0 Å². The quantitative estimate of drug-likeness (QED) is 0.583. The molecule has 3 atom stereocenters. The summed E-state index contributed by atoms with van der Waals surface area (Å²) in [4.78, 5) is 13.7. The van der Waals surface area contributed by atoms with Gasteiger partial charge in [-0.2, -0.15) is 0 Å². The standard InChI is InChI=1S/C18H29BrFN3O/c1-4-16(20)17(11-23(3)5-2)22-18-13(10-21)6-8-15(19)9-7-14(18)12-24/h6,8-9,12-13,16-17,22H,4-5,7,10-11,21H2,1-3H3/b8-6?,15-9+,18-14-. The molecular weight excluding hydrogens is 373 g/mol. The molecule has 0 aromatic heterocycles. The van der Waals surface area contributed by atoms with Crippen LogP contribution in [0.25, 0.3) is 0 Å². The Bertz CT molecular complexity index is 504. The van der Waals surface area contributed by atoms with Gasteiger partial charge in [0.15, 0.2) is 0 Å². The van der Waals surface area contributed by atoms with E-state index in [0.29, 0.717) is 31.5 Å². The van der Waals surface area contributed by atoms with Gasteiger partial charge in [-0.05, 0) is 26.4 Å². The van der Waals surface area contributed by atoms with E-state index in [1.54, 1.807) is 0 Å². The number of nitrogens with zero attached hydrogens (tertiary/aromatic N) is 1. The zero-order valence-corrected chi connectivity index (χ0v) is 16.4. The largest absolute Gasteiger partial charge is 0.381 e. The number of nitrogens with one attached hydrogen (secondary N) is 1. The van der Waals surface area contributed by atoms with Crippen LogP contribution in [0.5, 0.6) is 0 Å². The number of carbonyl (C=O) groups excluding carboxylic acids is 1. The highest BCUT2D eigenvalue weighted by Crippen LogP contribution is 2.24. The summed E-state index contributed by atoms with van der Waals surface area (Å²) in [5.41, 5.74) is 7.27. The summed E-state index contributed by atoms with van der Waals surface area (Å²) in [6, 6.07) is -0.376. The minimum absolute atomic E-state index is 0.134. The van der Waals surface area contributed by atoms with E-state index in [9.17, 15) is 9.18 Å². The number of hydrogen-bond acceptors (Lipinski definition) is 4. The second kappa shape index (κ2) is 10.8. The van der Waals surface area contributed by atoms with Crippen molar-refractivity contribution in [1.82, 2.24) is 10.2 Å². The molecule has 0 radical (unpaired) electrons. The van der Waals surface area contributed by atoms with Gasteiger partial charge in [-0.1, -0.05) is 48.0 Å². The van der Waals surface area contributed by atoms with Crippen molar-refractivity contribution in [2.75, 3.05) is 26.7 Å². The fourth-order valence-electron chi connectivity index (χ4n) is 2.64. The average molecular weight is 402 g/mol. The van der Waals surface area contributed by atoms with Crippen LogP contribution in [-0.2, 0) is 4.79 Å². The number of hydrogen-bond donors (Lipinski definition) is 2. The van der Waals surface area contributed by atoms with E-state index in [-0.39, 0.29) is 12.0 Å². The Labute approximate surface area is 153 Å². The maximum atomic E-state index is 14.5. The molecule has 0 aliphatic heterocycles. The minimum Gasteiger partial charge on any atom is -0.381 e. The molecule has 4 nitrogen and oxygen atoms in total. The molecule has 1 aliphatic rings. The van der Waals surface area contributed by atoms with Crippen molar-refractivity contribution < 1.29 is 9.18 Å². The molecule has 1 rings (SSSR count). The Morgan fingerprint density at radius 3 is 2.79 bits per heavy atom. The molecule has 0 amide bonds. The summed E-state index contributed by atoms with van der Waals surface area (Å²) in [5, 5.41) is 3.31. The number of nitrogens with two attached hydrogens (primary N) is 1. The van der Waals surface area contributed by atoms with Gasteiger partial charge in [0.05, 0.1) is 6.04 Å². The number of carbonyl (C=O) groups is 1. The van der Waals surface area contributed by atoms with E-state index in [0.717, 1.165) is 23.0 Å². The number of allylic oxidation sites excluding steroid dienone is 4. The van der Waals surface area contributed by atoms with Gasteiger partial charge in [0.2, 0.25) is 0 Å². The van der Waals surface area contributed by atoms with Crippen molar-refractivity contribution in [3.63, 3.8) is 0 Å². The van der Waals surface area contributed by atoms with E-state index < -0.39 is 6.17 Å². The lowest BCUT2D eigenvalue weighted by Crippen LogP contribution is -2.47. The van der Waals surface area contributed by atoms with Crippen LogP contribution in [0, 0.1) is 5.92 Å². The van der Waals surface area contributed by atoms with Crippen LogP contribution in [0.4, 0.5) is 4.39 Å². The zero-order chi connectivity index (χ0) is 18.1. The van der Waals surface area contributed by atoms with Crippen molar-refractivity contribution in [3.8, 4) is 0 Å². The van der Waals surface area contributed by atoms with Gasteiger partial charge >= 0.3 is 0 Å². The molecule has 24 heavy (non-hydrogen) atoms. The highest BCUT2D eigenvalue weighted by molar-refractivity contribution is 9.11. The topological polar surface area (TPSA) is 58.4 Å². The first-order chi connectivity index (χ1) is 11.5. The molecule has 0 aromatic rings. The number of likely N-dealkylation sites (N-methyl/N-ethyl adjacent to an activating group) is 1. The maximum Gasteiger partial charge on any atom is 0.148 e. The zero-order valence-electron chi connectivity index (χ0n) is 14.8. The molecule has 0 fully saturated rings. The van der Waals surface area contributed by atoms with Crippen LogP contribution in [0.3, 0.4) is 0 Å². The van der Waals surface area contributed by atoms with Crippen LogP contribution in [0.2, 0.25) is 0 Å². The van der Waals surface area contributed by atoms with Gasteiger partial charge in [-0.3, -0.25) is 4.79 Å². The molecule has 0 saturated carbocycles. The van der Waals surface area contributed by atoms with Crippen LogP contribution in [0.1, 0.15) is 26.7 Å². The van der Waals surface area contributed by atoms with Crippen LogP contribution < -0.4 is 11.1 Å². The Morgan fingerprint density at radius 1 is 1.54 bits per heavy atom. The van der Waals surface area contributed by atoms with E-state index in [4.69, 9.17) is 5.73 Å². The van der Waals surface area contributed by atoms with Gasteiger partial charge < -0.3 is 16.0 Å². The lowest BCUT2D eigenvalue weighted by molar-refractivity contribution is -0.105. The molecule has 3 N–H and O–H groups in total. The first-order valence-electron chi connectivity index (χ1n) is 8.47. The van der Waals surface area contributed by atoms with Gasteiger partial charge in [-0.15, -0.1) is 0 Å². The molecule has 1 aliphatic carbocycles. The van der Waals surface area contributed by atoms with Crippen LogP contribution >= 0.6 is 15.9 Å². The molecule has 3 unspecified atom stereocenters. The van der Waals surface area contributed by atoms with E-state index in [1.807, 2.05) is 39.1 Å². The average Bonchev–Trinajstić information content (AvgIpc) is 2.58. The van der Waals surface area contributed by atoms with Gasteiger partial charge in [0.25, 0.3) is 0 Å². The molecule has 6 heteroatoms. The van der Waals surface area contributed by atoms with Crippen molar-refractivity contribution in [2.24, 2.45) is 11.7 Å². The SMILES string of the molecule is CCC(F)C(CN(C)CC)N/C1=C(\C=O)C/C=C(/Br)C=CC1CN. The summed E-state index contributed by atoms with van der Waals surface area (Å²) < 4.78 is 15.4. The van der Waals surface area contributed by atoms with Gasteiger partial charge in [-0.25, -0.2) is 4.39 Å². The molecule has 136 valence electrons. The Kier molecular flexibility index (Phi) is 9.48. The fourth-order valence-corrected chi connectivity index (χ4v) is 2.95. The van der Waals surface area contributed by atoms with Crippen molar-refractivity contribution >= 4 is 22.2 Å². The predicted octanol–water partition coefficient (Wildman–Crippen LogP) is 2.91. The van der Waals surface area contributed by atoms with Crippen LogP contribution in [0.15, 0.2) is 34.0 Å². The van der Waals surface area contributed by atoms with Crippen molar-refractivity contribution in [2.45, 2.75) is 38.9 Å². The Hall–Kier alpha value is -0.980. The molecule has 0 saturated heterocycles.